The molecule has 0 aromatic rings. The SMILES string of the molecule is CCNC(=O)CCN(CCNCCN(CCN)CCC(=O)NC)CCC(=O)NC. The van der Waals surface area contributed by atoms with E-state index in [4.69, 9.17) is 5.73 Å². The molecule has 10 heteroatoms. The van der Waals surface area contributed by atoms with Crippen LogP contribution < -0.4 is 27.0 Å². The molecule has 0 saturated carbocycles. The van der Waals surface area contributed by atoms with Crippen LogP contribution in [0, 0.1) is 0 Å². The molecule has 0 rings (SSSR count). The molecule has 0 saturated heterocycles. The molecule has 0 radical (unpaired) electrons. The van der Waals surface area contributed by atoms with Crippen LogP contribution in [0.5, 0.6) is 0 Å². The van der Waals surface area contributed by atoms with Gasteiger partial charge in [0.05, 0.1) is 0 Å². The Bertz CT molecular complexity index is 463. The smallest absolute Gasteiger partial charge is 0.221 e. The molecule has 0 unspecified atom stereocenters. The number of hydrogen-bond acceptors (Lipinski definition) is 7. The third-order valence-corrected chi connectivity index (χ3v) is 4.55. The predicted octanol–water partition coefficient (Wildman–Crippen LogP) is -2.06. The molecular formula is C19H41N7O3. The van der Waals surface area contributed by atoms with Crippen molar-refractivity contribution in [1.82, 2.24) is 31.1 Å². The summed E-state index contributed by atoms with van der Waals surface area (Å²) in [6.45, 7) is 8.86. The summed E-state index contributed by atoms with van der Waals surface area (Å²) in [5, 5.41) is 11.4. The highest BCUT2D eigenvalue weighted by Crippen LogP contribution is 1.95. The van der Waals surface area contributed by atoms with Crippen LogP contribution in [0.15, 0.2) is 0 Å². The van der Waals surface area contributed by atoms with Crippen molar-refractivity contribution in [2.24, 2.45) is 5.73 Å². The second kappa shape index (κ2) is 18.3. The van der Waals surface area contributed by atoms with Gasteiger partial charge in [-0.2, -0.15) is 0 Å². The van der Waals surface area contributed by atoms with Gasteiger partial charge in [0, 0.05) is 98.8 Å². The fraction of sp³-hybridized carbons (Fsp3) is 0.842. The maximum Gasteiger partial charge on any atom is 0.221 e. The maximum atomic E-state index is 11.7. The molecule has 0 fully saturated rings. The van der Waals surface area contributed by atoms with E-state index < -0.39 is 0 Å². The van der Waals surface area contributed by atoms with Gasteiger partial charge in [-0.15, -0.1) is 0 Å². The molecule has 0 aromatic carbocycles. The molecule has 0 aliphatic carbocycles. The molecule has 29 heavy (non-hydrogen) atoms. The molecule has 0 atom stereocenters. The minimum Gasteiger partial charge on any atom is -0.359 e. The van der Waals surface area contributed by atoms with Crippen molar-refractivity contribution in [2.45, 2.75) is 26.2 Å². The fourth-order valence-electron chi connectivity index (χ4n) is 2.77. The second-order valence-electron chi connectivity index (χ2n) is 6.77. The van der Waals surface area contributed by atoms with E-state index in [9.17, 15) is 14.4 Å². The van der Waals surface area contributed by atoms with Crippen molar-refractivity contribution in [3.05, 3.63) is 0 Å². The lowest BCUT2D eigenvalue weighted by Crippen LogP contribution is -2.41. The van der Waals surface area contributed by atoms with E-state index in [1.54, 1.807) is 14.1 Å². The predicted molar refractivity (Wildman–Crippen MR) is 115 cm³/mol. The van der Waals surface area contributed by atoms with Crippen LogP contribution in [0.2, 0.25) is 0 Å². The number of nitrogens with zero attached hydrogens (tertiary/aromatic N) is 2. The van der Waals surface area contributed by atoms with E-state index in [-0.39, 0.29) is 17.7 Å². The topological polar surface area (TPSA) is 132 Å². The van der Waals surface area contributed by atoms with E-state index in [1.807, 2.05) is 6.92 Å². The van der Waals surface area contributed by atoms with Crippen molar-refractivity contribution in [2.75, 3.05) is 79.5 Å². The summed E-state index contributed by atoms with van der Waals surface area (Å²) in [6.07, 6.45) is 1.30. The number of hydrogen-bond donors (Lipinski definition) is 5. The van der Waals surface area contributed by atoms with Crippen LogP contribution in [-0.2, 0) is 14.4 Å². The average molecular weight is 416 g/mol. The third kappa shape index (κ3) is 15.8. The summed E-state index contributed by atoms with van der Waals surface area (Å²) < 4.78 is 0. The Labute approximate surface area is 175 Å². The zero-order chi connectivity index (χ0) is 21.9. The van der Waals surface area contributed by atoms with Crippen LogP contribution in [0.4, 0.5) is 0 Å². The zero-order valence-corrected chi connectivity index (χ0v) is 18.4. The van der Waals surface area contributed by atoms with Gasteiger partial charge in [0.1, 0.15) is 0 Å². The summed E-state index contributed by atoms with van der Waals surface area (Å²) in [7, 11) is 3.26. The van der Waals surface area contributed by atoms with E-state index in [2.05, 4.69) is 31.1 Å². The van der Waals surface area contributed by atoms with E-state index in [0.717, 1.165) is 32.7 Å². The Morgan fingerprint density at radius 1 is 0.724 bits per heavy atom. The lowest BCUT2D eigenvalue weighted by atomic mass is 10.3. The second-order valence-corrected chi connectivity index (χ2v) is 6.77. The van der Waals surface area contributed by atoms with Gasteiger partial charge in [-0.05, 0) is 6.92 Å². The minimum atomic E-state index is -0.00508. The first-order chi connectivity index (χ1) is 14.0. The number of amides is 3. The molecular weight excluding hydrogens is 374 g/mol. The summed E-state index contributed by atoms with van der Waals surface area (Å²) in [5.41, 5.74) is 5.65. The molecule has 0 heterocycles. The van der Waals surface area contributed by atoms with E-state index >= 15 is 0 Å². The van der Waals surface area contributed by atoms with Crippen LogP contribution in [-0.4, -0.2) is 107 Å². The molecule has 0 bridgehead atoms. The van der Waals surface area contributed by atoms with Gasteiger partial charge in [0.25, 0.3) is 0 Å². The quantitative estimate of drug-likeness (QED) is 0.163. The number of nitrogens with two attached hydrogens (primary N) is 1. The van der Waals surface area contributed by atoms with Gasteiger partial charge in [-0.25, -0.2) is 0 Å². The van der Waals surface area contributed by atoms with Gasteiger partial charge < -0.3 is 36.8 Å². The van der Waals surface area contributed by atoms with Crippen molar-refractivity contribution in [3.8, 4) is 0 Å². The van der Waals surface area contributed by atoms with Gasteiger partial charge in [-0.3, -0.25) is 14.4 Å². The van der Waals surface area contributed by atoms with Crippen molar-refractivity contribution < 1.29 is 14.4 Å². The van der Waals surface area contributed by atoms with Crippen molar-refractivity contribution >= 4 is 17.7 Å². The largest absolute Gasteiger partial charge is 0.359 e. The standard InChI is InChI=1S/C19H41N7O3/c1-4-24-19(29)7-13-25(11-5-17(27)21-2)15-9-23-10-16-26(14-8-20)12-6-18(28)22-3/h23H,4-16,20H2,1-3H3,(H,21,27)(H,22,28)(H,24,29). The highest BCUT2D eigenvalue weighted by atomic mass is 16.2. The maximum absolute atomic E-state index is 11.7. The monoisotopic (exact) mass is 415 g/mol. The Morgan fingerprint density at radius 2 is 1.17 bits per heavy atom. The van der Waals surface area contributed by atoms with Crippen LogP contribution >= 0.6 is 0 Å². The third-order valence-electron chi connectivity index (χ3n) is 4.55. The Balaban J connectivity index is 4.24. The molecule has 0 spiro atoms. The number of nitrogens with one attached hydrogen (secondary N) is 4. The first-order valence-electron chi connectivity index (χ1n) is 10.5. The number of rotatable bonds is 18. The van der Waals surface area contributed by atoms with Crippen LogP contribution in [0.25, 0.3) is 0 Å². The Kier molecular flexibility index (Phi) is 17.2. The first-order valence-corrected chi connectivity index (χ1v) is 10.5. The zero-order valence-electron chi connectivity index (χ0n) is 18.4. The molecule has 170 valence electrons. The highest BCUT2D eigenvalue weighted by molar-refractivity contribution is 5.76. The molecule has 3 amide bonds. The van der Waals surface area contributed by atoms with Gasteiger partial charge in [0.2, 0.25) is 17.7 Å². The lowest BCUT2D eigenvalue weighted by Gasteiger charge is -2.23. The van der Waals surface area contributed by atoms with E-state index in [1.165, 1.54) is 0 Å². The molecule has 0 aliphatic heterocycles. The summed E-state index contributed by atoms with van der Waals surface area (Å²) in [6, 6.07) is 0. The van der Waals surface area contributed by atoms with Gasteiger partial charge in [-0.1, -0.05) is 0 Å². The number of carbonyl (C=O) groups is 3. The normalized spacial score (nSPS) is 11.0. The Hall–Kier alpha value is -1.75. The molecule has 6 N–H and O–H groups in total. The van der Waals surface area contributed by atoms with E-state index in [0.29, 0.717) is 52.0 Å². The number of carbonyl (C=O) groups excluding carboxylic acids is 3. The molecule has 0 aromatic heterocycles. The van der Waals surface area contributed by atoms with Crippen molar-refractivity contribution in [3.63, 3.8) is 0 Å². The summed E-state index contributed by atoms with van der Waals surface area (Å²) in [5.74, 6) is 0.0484. The highest BCUT2D eigenvalue weighted by Gasteiger charge is 2.10. The van der Waals surface area contributed by atoms with Crippen LogP contribution in [0.3, 0.4) is 0 Å². The Morgan fingerprint density at radius 3 is 1.59 bits per heavy atom. The van der Waals surface area contributed by atoms with Crippen molar-refractivity contribution in [1.29, 1.82) is 0 Å². The lowest BCUT2D eigenvalue weighted by molar-refractivity contribution is -0.122. The van der Waals surface area contributed by atoms with Crippen LogP contribution in [0.1, 0.15) is 26.2 Å². The van der Waals surface area contributed by atoms with Gasteiger partial charge >= 0.3 is 0 Å². The molecule has 0 aliphatic rings. The van der Waals surface area contributed by atoms with Gasteiger partial charge in [0.15, 0.2) is 0 Å². The fourth-order valence-corrected chi connectivity index (χ4v) is 2.77. The first kappa shape index (κ1) is 27.2. The average Bonchev–Trinajstić information content (AvgIpc) is 2.72. The summed E-state index contributed by atoms with van der Waals surface area (Å²) >= 11 is 0. The molecule has 10 nitrogen and oxygen atoms in total. The summed E-state index contributed by atoms with van der Waals surface area (Å²) in [4.78, 5) is 38.9. The minimum absolute atomic E-state index is 0.00508.